The molecule has 1 N–H and O–H groups in total. The fourth-order valence-corrected chi connectivity index (χ4v) is 2.92. The van der Waals surface area contributed by atoms with Gasteiger partial charge in [0.2, 0.25) is 0 Å². The Balaban J connectivity index is 1.74. The maximum Gasteiger partial charge on any atom is 0.0930 e. The van der Waals surface area contributed by atoms with Crippen molar-refractivity contribution in [2.75, 3.05) is 13.7 Å². The van der Waals surface area contributed by atoms with Gasteiger partial charge < -0.3 is 10.1 Å². The zero-order valence-corrected chi connectivity index (χ0v) is 10.5. The number of ether oxygens (including phenoxy) is 1. The van der Waals surface area contributed by atoms with E-state index in [0.717, 1.165) is 6.42 Å². The molecule has 92 valence electrons. The summed E-state index contributed by atoms with van der Waals surface area (Å²) in [6.07, 6.45) is 6.16. The lowest BCUT2D eigenvalue weighted by atomic mass is 9.99. The summed E-state index contributed by atoms with van der Waals surface area (Å²) < 4.78 is 5.64. The molecule has 3 rings (SSSR count). The summed E-state index contributed by atoms with van der Waals surface area (Å²) >= 11 is 0. The highest BCUT2D eigenvalue weighted by Crippen LogP contribution is 2.48. The van der Waals surface area contributed by atoms with Gasteiger partial charge in [0, 0.05) is 13.2 Å². The first-order valence-electron chi connectivity index (χ1n) is 6.70. The molecule has 1 aromatic carbocycles. The van der Waals surface area contributed by atoms with Gasteiger partial charge in [-0.2, -0.15) is 0 Å². The lowest BCUT2D eigenvalue weighted by Gasteiger charge is -2.16. The minimum absolute atomic E-state index is 0.0547. The summed E-state index contributed by atoms with van der Waals surface area (Å²) in [6, 6.07) is 9.66. The van der Waals surface area contributed by atoms with E-state index in [4.69, 9.17) is 4.74 Å². The molecule has 0 radical (unpaired) electrons. The van der Waals surface area contributed by atoms with E-state index in [2.05, 4.69) is 29.6 Å². The van der Waals surface area contributed by atoms with Crippen LogP contribution in [-0.4, -0.2) is 19.7 Å². The molecule has 1 atom stereocenters. The largest absolute Gasteiger partial charge is 0.374 e. The summed E-state index contributed by atoms with van der Waals surface area (Å²) in [4.78, 5) is 0. The molecule has 2 nitrogen and oxygen atoms in total. The number of rotatable bonds is 4. The Morgan fingerprint density at radius 1 is 1.41 bits per heavy atom. The van der Waals surface area contributed by atoms with Gasteiger partial charge in [-0.3, -0.25) is 0 Å². The summed E-state index contributed by atoms with van der Waals surface area (Å²) in [7, 11) is 1.83. The summed E-state index contributed by atoms with van der Waals surface area (Å²) in [6.45, 7) is 1.19. The predicted molar refractivity (Wildman–Crippen MR) is 69.1 cm³/mol. The number of benzene rings is 1. The van der Waals surface area contributed by atoms with E-state index in [9.17, 15) is 0 Å². The average molecular weight is 231 g/mol. The number of methoxy groups -OCH3 is 1. The van der Waals surface area contributed by atoms with Crippen LogP contribution in [0.2, 0.25) is 0 Å². The van der Waals surface area contributed by atoms with Crippen molar-refractivity contribution in [1.29, 1.82) is 0 Å². The van der Waals surface area contributed by atoms with Crippen LogP contribution < -0.4 is 5.32 Å². The third kappa shape index (κ3) is 2.24. The fraction of sp³-hybridized carbons (Fsp3) is 0.600. The van der Waals surface area contributed by atoms with Crippen molar-refractivity contribution >= 4 is 0 Å². The normalized spacial score (nSPS) is 26.1. The molecular weight excluding hydrogens is 210 g/mol. The molecule has 1 aliphatic carbocycles. The molecule has 0 aromatic heterocycles. The number of nitrogens with one attached hydrogen (secondary N) is 1. The van der Waals surface area contributed by atoms with E-state index in [1.807, 2.05) is 7.11 Å². The van der Waals surface area contributed by atoms with Crippen LogP contribution in [0.1, 0.15) is 36.8 Å². The van der Waals surface area contributed by atoms with Crippen LogP contribution in [0.25, 0.3) is 0 Å². The lowest BCUT2D eigenvalue weighted by molar-refractivity contribution is 0.0788. The minimum atomic E-state index is 0.0547. The van der Waals surface area contributed by atoms with Crippen molar-refractivity contribution < 1.29 is 4.74 Å². The third-order valence-corrected chi connectivity index (χ3v) is 4.19. The quantitative estimate of drug-likeness (QED) is 0.860. The van der Waals surface area contributed by atoms with Crippen LogP contribution in [0.3, 0.4) is 0 Å². The molecule has 2 heteroatoms. The molecule has 1 heterocycles. The SMILES string of the molecule is COC1(c2cccc(CC3CCCN3)c2)CC1. The molecule has 1 saturated heterocycles. The van der Waals surface area contributed by atoms with Crippen LogP contribution in [0.4, 0.5) is 0 Å². The second kappa shape index (κ2) is 4.43. The molecular formula is C15H21NO. The Hall–Kier alpha value is -0.860. The van der Waals surface area contributed by atoms with E-state index < -0.39 is 0 Å². The van der Waals surface area contributed by atoms with Crippen molar-refractivity contribution in [2.24, 2.45) is 0 Å². The third-order valence-electron chi connectivity index (χ3n) is 4.19. The van der Waals surface area contributed by atoms with Crippen molar-refractivity contribution in [1.82, 2.24) is 5.32 Å². The Kier molecular flexibility index (Phi) is 2.93. The molecule has 0 bridgehead atoms. The van der Waals surface area contributed by atoms with Crippen LogP contribution in [-0.2, 0) is 16.8 Å². The first-order valence-corrected chi connectivity index (χ1v) is 6.70. The molecule has 1 aliphatic heterocycles. The summed E-state index contributed by atoms with van der Waals surface area (Å²) in [5.41, 5.74) is 2.87. The fourth-order valence-electron chi connectivity index (χ4n) is 2.92. The van der Waals surface area contributed by atoms with E-state index in [1.54, 1.807) is 0 Å². The van der Waals surface area contributed by atoms with Crippen LogP contribution >= 0.6 is 0 Å². The molecule has 2 aliphatic rings. The van der Waals surface area contributed by atoms with Crippen molar-refractivity contribution in [2.45, 2.75) is 43.7 Å². The molecule has 0 amide bonds. The maximum atomic E-state index is 5.64. The van der Waals surface area contributed by atoms with Gasteiger partial charge in [0.05, 0.1) is 5.60 Å². The molecule has 1 saturated carbocycles. The van der Waals surface area contributed by atoms with E-state index in [0.29, 0.717) is 6.04 Å². The molecule has 1 aromatic rings. The van der Waals surface area contributed by atoms with Crippen molar-refractivity contribution in [3.8, 4) is 0 Å². The monoisotopic (exact) mass is 231 g/mol. The Morgan fingerprint density at radius 3 is 2.94 bits per heavy atom. The van der Waals surface area contributed by atoms with Crippen LogP contribution in [0, 0.1) is 0 Å². The van der Waals surface area contributed by atoms with Gasteiger partial charge in [0.25, 0.3) is 0 Å². The Bertz CT molecular complexity index is 392. The first-order chi connectivity index (χ1) is 8.32. The molecule has 17 heavy (non-hydrogen) atoms. The average Bonchev–Trinajstić information content (AvgIpc) is 3.02. The first kappa shape index (κ1) is 11.2. The van der Waals surface area contributed by atoms with E-state index in [-0.39, 0.29) is 5.60 Å². The second-order valence-electron chi connectivity index (χ2n) is 5.40. The highest BCUT2D eigenvalue weighted by atomic mass is 16.5. The van der Waals surface area contributed by atoms with Gasteiger partial charge in [-0.15, -0.1) is 0 Å². The Morgan fingerprint density at radius 2 is 2.29 bits per heavy atom. The Labute approximate surface area is 103 Å². The second-order valence-corrected chi connectivity index (χ2v) is 5.40. The molecule has 1 unspecified atom stereocenters. The van der Waals surface area contributed by atoms with Gasteiger partial charge >= 0.3 is 0 Å². The van der Waals surface area contributed by atoms with Crippen molar-refractivity contribution in [3.05, 3.63) is 35.4 Å². The predicted octanol–water partition coefficient (Wildman–Crippen LogP) is 2.62. The van der Waals surface area contributed by atoms with Gasteiger partial charge in [0.1, 0.15) is 0 Å². The number of hydrogen-bond donors (Lipinski definition) is 1. The van der Waals surface area contributed by atoms with Gasteiger partial charge in [-0.25, -0.2) is 0 Å². The topological polar surface area (TPSA) is 21.3 Å². The highest BCUT2D eigenvalue weighted by molar-refractivity contribution is 5.32. The number of hydrogen-bond acceptors (Lipinski definition) is 2. The smallest absolute Gasteiger partial charge is 0.0930 e. The lowest BCUT2D eigenvalue weighted by Crippen LogP contribution is -2.23. The van der Waals surface area contributed by atoms with Gasteiger partial charge in [-0.05, 0) is 49.8 Å². The van der Waals surface area contributed by atoms with Crippen LogP contribution in [0.5, 0.6) is 0 Å². The van der Waals surface area contributed by atoms with Gasteiger partial charge in [-0.1, -0.05) is 24.3 Å². The molecule has 2 fully saturated rings. The highest BCUT2D eigenvalue weighted by Gasteiger charge is 2.44. The van der Waals surface area contributed by atoms with Crippen molar-refractivity contribution in [3.63, 3.8) is 0 Å². The van der Waals surface area contributed by atoms with Crippen LogP contribution in [0.15, 0.2) is 24.3 Å². The standard InChI is InChI=1S/C15H21NO/c1-17-15(7-8-15)13-5-2-4-12(10-13)11-14-6-3-9-16-14/h2,4-5,10,14,16H,3,6-9,11H2,1H3. The zero-order chi connectivity index (χ0) is 11.7. The maximum absolute atomic E-state index is 5.64. The summed E-state index contributed by atoms with van der Waals surface area (Å²) in [5.74, 6) is 0. The molecule has 0 spiro atoms. The van der Waals surface area contributed by atoms with E-state index >= 15 is 0 Å². The van der Waals surface area contributed by atoms with Gasteiger partial charge in [0.15, 0.2) is 0 Å². The zero-order valence-electron chi connectivity index (χ0n) is 10.5. The van der Waals surface area contributed by atoms with E-state index in [1.165, 1.54) is 43.4 Å². The minimum Gasteiger partial charge on any atom is -0.374 e. The summed E-state index contributed by atoms with van der Waals surface area (Å²) in [5, 5.41) is 3.56.